The zero-order valence-corrected chi connectivity index (χ0v) is 11.8. The van der Waals surface area contributed by atoms with Gasteiger partial charge in [0.2, 0.25) is 0 Å². The van der Waals surface area contributed by atoms with Gasteiger partial charge < -0.3 is 9.47 Å². The van der Waals surface area contributed by atoms with E-state index in [1.54, 1.807) is 11.3 Å². The molecular weight excluding hydrogens is 260 g/mol. The minimum absolute atomic E-state index is 0.216. The number of ether oxygens (including phenoxy) is 2. The lowest BCUT2D eigenvalue weighted by Gasteiger charge is -2.38. The first-order valence-corrected chi connectivity index (χ1v) is 7.73. The van der Waals surface area contributed by atoms with Crippen molar-refractivity contribution < 1.29 is 9.47 Å². The Morgan fingerprint density at radius 2 is 2.53 bits per heavy atom. The third kappa shape index (κ3) is 2.89. The number of hydrogen-bond donors (Lipinski definition) is 0. The van der Waals surface area contributed by atoms with Crippen LogP contribution in [0.4, 0.5) is 0 Å². The molecule has 1 aromatic heterocycles. The SMILES string of the molecule is C=CCO[C@@H]1CC[C@H]2[C@H]1OCCN2Cc1nccs1. The first-order chi connectivity index (χ1) is 9.38. The van der Waals surface area contributed by atoms with Crippen LogP contribution in [-0.4, -0.2) is 47.9 Å². The molecule has 3 atom stereocenters. The second-order valence-corrected chi connectivity index (χ2v) is 6.02. The fourth-order valence-electron chi connectivity index (χ4n) is 3.06. The zero-order chi connectivity index (χ0) is 13.1. The van der Waals surface area contributed by atoms with Gasteiger partial charge in [-0.05, 0) is 12.8 Å². The lowest BCUT2D eigenvalue weighted by atomic mass is 10.1. The summed E-state index contributed by atoms with van der Waals surface area (Å²) in [6, 6.07) is 0.479. The van der Waals surface area contributed by atoms with E-state index in [0.717, 1.165) is 32.5 Å². The molecule has 2 fully saturated rings. The Kier molecular flexibility index (Phi) is 4.28. The second-order valence-electron chi connectivity index (χ2n) is 5.04. The van der Waals surface area contributed by atoms with Gasteiger partial charge >= 0.3 is 0 Å². The Morgan fingerprint density at radius 3 is 3.32 bits per heavy atom. The van der Waals surface area contributed by atoms with Gasteiger partial charge in [0.05, 0.1) is 32.0 Å². The molecule has 0 radical (unpaired) electrons. The molecule has 5 heteroatoms. The fraction of sp³-hybridized carbons (Fsp3) is 0.643. The molecule has 0 unspecified atom stereocenters. The van der Waals surface area contributed by atoms with E-state index in [9.17, 15) is 0 Å². The van der Waals surface area contributed by atoms with Crippen molar-refractivity contribution in [3.8, 4) is 0 Å². The monoisotopic (exact) mass is 280 g/mol. The fourth-order valence-corrected chi connectivity index (χ4v) is 3.70. The van der Waals surface area contributed by atoms with Crippen molar-refractivity contribution in [2.75, 3.05) is 19.8 Å². The van der Waals surface area contributed by atoms with E-state index < -0.39 is 0 Å². The summed E-state index contributed by atoms with van der Waals surface area (Å²) in [6.07, 6.45) is 6.36. The average molecular weight is 280 g/mol. The van der Waals surface area contributed by atoms with Crippen LogP contribution in [0.3, 0.4) is 0 Å². The zero-order valence-electron chi connectivity index (χ0n) is 11.0. The van der Waals surface area contributed by atoms with E-state index in [1.165, 1.54) is 5.01 Å². The Labute approximate surface area is 118 Å². The Bertz CT molecular complexity index is 410. The molecule has 2 heterocycles. The average Bonchev–Trinajstić information content (AvgIpc) is 3.06. The summed E-state index contributed by atoms with van der Waals surface area (Å²) < 4.78 is 11.8. The Hall–Kier alpha value is -0.750. The third-order valence-corrected chi connectivity index (χ3v) is 4.66. The highest BCUT2D eigenvalue weighted by Gasteiger charge is 2.43. The van der Waals surface area contributed by atoms with Crippen LogP contribution in [0.1, 0.15) is 17.8 Å². The van der Waals surface area contributed by atoms with Gasteiger partial charge in [0.15, 0.2) is 0 Å². The lowest BCUT2D eigenvalue weighted by molar-refractivity contribution is -0.111. The number of hydrogen-bond acceptors (Lipinski definition) is 5. The summed E-state index contributed by atoms with van der Waals surface area (Å²) in [6.45, 7) is 7.05. The van der Waals surface area contributed by atoms with Gasteiger partial charge in [0, 0.05) is 24.2 Å². The molecule has 0 N–H and O–H groups in total. The van der Waals surface area contributed by atoms with Crippen LogP contribution in [-0.2, 0) is 16.0 Å². The van der Waals surface area contributed by atoms with Crippen molar-refractivity contribution >= 4 is 11.3 Å². The largest absolute Gasteiger partial charge is 0.373 e. The molecule has 0 bridgehead atoms. The highest BCUT2D eigenvalue weighted by molar-refractivity contribution is 7.09. The summed E-state index contributed by atoms with van der Waals surface area (Å²) in [5.41, 5.74) is 0. The summed E-state index contributed by atoms with van der Waals surface area (Å²) in [5.74, 6) is 0. The van der Waals surface area contributed by atoms with Gasteiger partial charge in [-0.2, -0.15) is 0 Å². The van der Waals surface area contributed by atoms with Gasteiger partial charge in [0.1, 0.15) is 5.01 Å². The molecule has 104 valence electrons. The molecule has 2 aliphatic rings. The van der Waals surface area contributed by atoms with Crippen LogP contribution in [0, 0.1) is 0 Å². The van der Waals surface area contributed by atoms with Gasteiger partial charge in [-0.1, -0.05) is 6.08 Å². The minimum atomic E-state index is 0.216. The lowest BCUT2D eigenvalue weighted by Crippen LogP contribution is -2.51. The molecule has 3 rings (SSSR count). The van der Waals surface area contributed by atoms with Crippen molar-refractivity contribution in [3.05, 3.63) is 29.2 Å². The summed E-state index contributed by atoms with van der Waals surface area (Å²) in [7, 11) is 0. The van der Waals surface area contributed by atoms with Crippen LogP contribution in [0.5, 0.6) is 0 Å². The molecule has 19 heavy (non-hydrogen) atoms. The van der Waals surface area contributed by atoms with Gasteiger partial charge in [-0.15, -0.1) is 17.9 Å². The molecule has 1 saturated heterocycles. The summed E-state index contributed by atoms with van der Waals surface area (Å²) >= 11 is 1.73. The van der Waals surface area contributed by atoms with Crippen molar-refractivity contribution in [1.82, 2.24) is 9.88 Å². The second kappa shape index (κ2) is 6.13. The number of aromatic nitrogens is 1. The van der Waals surface area contributed by atoms with Crippen molar-refractivity contribution in [3.63, 3.8) is 0 Å². The molecule has 1 aliphatic heterocycles. The molecule has 0 aromatic carbocycles. The molecule has 1 saturated carbocycles. The maximum atomic E-state index is 5.94. The molecule has 1 aromatic rings. The van der Waals surface area contributed by atoms with Gasteiger partial charge in [0.25, 0.3) is 0 Å². The maximum Gasteiger partial charge on any atom is 0.107 e. The van der Waals surface area contributed by atoms with E-state index in [-0.39, 0.29) is 12.2 Å². The van der Waals surface area contributed by atoms with E-state index in [0.29, 0.717) is 12.6 Å². The quantitative estimate of drug-likeness (QED) is 0.774. The normalized spacial score (nSPS) is 31.3. The van der Waals surface area contributed by atoms with Crippen LogP contribution in [0.2, 0.25) is 0 Å². The first-order valence-electron chi connectivity index (χ1n) is 6.85. The highest BCUT2D eigenvalue weighted by Crippen LogP contribution is 2.33. The molecule has 0 amide bonds. The smallest absolute Gasteiger partial charge is 0.107 e. The van der Waals surface area contributed by atoms with E-state index in [2.05, 4.69) is 16.5 Å². The van der Waals surface area contributed by atoms with Crippen LogP contribution < -0.4 is 0 Å². The molecular formula is C14H20N2O2S. The summed E-state index contributed by atoms with van der Waals surface area (Å²) in [4.78, 5) is 6.89. The van der Waals surface area contributed by atoms with Gasteiger partial charge in [-0.3, -0.25) is 4.90 Å². The van der Waals surface area contributed by atoms with Gasteiger partial charge in [-0.25, -0.2) is 4.98 Å². The third-order valence-electron chi connectivity index (χ3n) is 3.90. The number of rotatable bonds is 5. The number of thiazole rings is 1. The standard InChI is InChI=1S/C14H20N2O2S/c1-2-7-17-12-4-3-11-14(12)18-8-6-16(11)10-13-15-5-9-19-13/h2,5,9,11-12,14H,1,3-4,6-8,10H2/t11-,12+,14+/m0/s1. The predicted molar refractivity (Wildman–Crippen MR) is 75.2 cm³/mol. The van der Waals surface area contributed by atoms with Crippen molar-refractivity contribution in [1.29, 1.82) is 0 Å². The van der Waals surface area contributed by atoms with Crippen LogP contribution in [0.25, 0.3) is 0 Å². The number of nitrogens with zero attached hydrogens (tertiary/aromatic N) is 2. The van der Waals surface area contributed by atoms with Crippen LogP contribution in [0.15, 0.2) is 24.2 Å². The molecule has 4 nitrogen and oxygen atoms in total. The number of fused-ring (bicyclic) bond motifs is 1. The first kappa shape index (κ1) is 13.2. The van der Waals surface area contributed by atoms with E-state index >= 15 is 0 Å². The maximum absolute atomic E-state index is 5.94. The highest BCUT2D eigenvalue weighted by atomic mass is 32.1. The van der Waals surface area contributed by atoms with Crippen LogP contribution >= 0.6 is 11.3 Å². The number of morpholine rings is 1. The molecule has 1 aliphatic carbocycles. The predicted octanol–water partition coefficient (Wildman–Crippen LogP) is 2.08. The van der Waals surface area contributed by atoms with Crippen molar-refractivity contribution in [2.45, 2.75) is 37.6 Å². The molecule has 0 spiro atoms. The minimum Gasteiger partial charge on any atom is -0.373 e. The Morgan fingerprint density at radius 1 is 1.58 bits per heavy atom. The van der Waals surface area contributed by atoms with Crippen molar-refractivity contribution in [2.24, 2.45) is 0 Å². The van der Waals surface area contributed by atoms with E-state index in [4.69, 9.17) is 9.47 Å². The van der Waals surface area contributed by atoms with E-state index in [1.807, 2.05) is 17.7 Å². The Balaban J connectivity index is 1.63. The summed E-state index contributed by atoms with van der Waals surface area (Å²) in [5, 5.41) is 3.23. The topological polar surface area (TPSA) is 34.6 Å².